The van der Waals surface area contributed by atoms with Gasteiger partial charge >= 0.3 is 106 Å². The number of benzene rings is 1. The van der Waals surface area contributed by atoms with Crippen LogP contribution in [-0.4, -0.2) is 46.3 Å². The van der Waals surface area contributed by atoms with E-state index in [0.717, 1.165) is 0 Å². The molecule has 0 spiro atoms. The molecule has 304 valence electrons. The molecule has 1 aromatic rings. The SMILES string of the molecule is C1CCC(P(C2CCCCC2)C2CCCCC2)CC1.C1CCC(P(C2CCCCC2)C2CCCCC2)CC1.C[Si](C)(C)C(=[C]=[Ru]([Cl])[Cl])c1ccccc1. The molecule has 0 radical (unpaired) electrons. The first kappa shape index (κ1) is 45.2. The van der Waals surface area contributed by atoms with E-state index in [-0.39, 0.29) is 0 Å². The van der Waals surface area contributed by atoms with Crippen molar-refractivity contribution in [2.24, 2.45) is 0 Å². The van der Waals surface area contributed by atoms with Crippen molar-refractivity contribution >= 4 is 52.8 Å². The Morgan fingerprint density at radius 3 is 0.906 bits per heavy atom. The zero-order valence-electron chi connectivity index (χ0n) is 34.6. The second kappa shape index (κ2) is 24.9. The van der Waals surface area contributed by atoms with Gasteiger partial charge in [-0.1, -0.05) is 131 Å². The molecule has 0 bridgehead atoms. The summed E-state index contributed by atoms with van der Waals surface area (Å²) in [6.45, 7) is 6.86. The van der Waals surface area contributed by atoms with E-state index < -0.39 is 21.6 Å². The predicted molar refractivity (Wildman–Crippen MR) is 245 cm³/mol. The van der Waals surface area contributed by atoms with Crippen LogP contribution in [0.4, 0.5) is 0 Å². The monoisotopic (exact) mass is 906 g/mol. The molecule has 0 unspecified atom stereocenters. The maximum absolute atomic E-state index is 5.93. The van der Waals surface area contributed by atoms with Crippen molar-refractivity contribution in [1.82, 2.24) is 0 Å². The molecule has 6 saturated carbocycles. The average molecular weight is 907 g/mol. The van der Waals surface area contributed by atoms with Gasteiger partial charge in [0, 0.05) is 0 Å². The fourth-order valence-corrected chi connectivity index (χ4v) is 26.5. The van der Waals surface area contributed by atoms with Crippen LogP contribution < -0.4 is 0 Å². The molecular weight excluding hydrogens is 827 g/mol. The van der Waals surface area contributed by atoms with Gasteiger partial charge in [0.05, 0.1) is 0 Å². The minimum atomic E-state index is -1.85. The summed E-state index contributed by atoms with van der Waals surface area (Å²) in [5.74, 6) is 0. The average Bonchev–Trinajstić information content (AvgIpc) is 3.20. The van der Waals surface area contributed by atoms with Gasteiger partial charge in [0.1, 0.15) is 0 Å². The van der Waals surface area contributed by atoms with Gasteiger partial charge in [-0.3, -0.25) is 0 Å². The zero-order valence-corrected chi connectivity index (χ0v) is 40.6. The summed E-state index contributed by atoms with van der Waals surface area (Å²) in [6, 6.07) is 10.3. The van der Waals surface area contributed by atoms with Gasteiger partial charge in [-0.05, 0) is 111 Å². The summed E-state index contributed by atoms with van der Waals surface area (Å²) in [7, 11) is 11.2. The third-order valence-electron chi connectivity index (χ3n) is 13.9. The fourth-order valence-electron chi connectivity index (χ4n) is 11.4. The summed E-state index contributed by atoms with van der Waals surface area (Å²) >= 11 is -1.85. The van der Waals surface area contributed by atoms with Crippen molar-refractivity contribution in [2.75, 3.05) is 0 Å². The first-order valence-electron chi connectivity index (χ1n) is 23.1. The molecule has 6 aliphatic carbocycles. The van der Waals surface area contributed by atoms with Crippen LogP contribution >= 0.6 is 35.2 Å². The molecule has 0 saturated heterocycles. The van der Waals surface area contributed by atoms with Gasteiger partial charge in [0.15, 0.2) is 0 Å². The van der Waals surface area contributed by atoms with E-state index in [9.17, 15) is 0 Å². The minimum absolute atomic E-state index is 0.385. The van der Waals surface area contributed by atoms with Gasteiger partial charge in [-0.2, -0.15) is 0 Å². The molecule has 0 aromatic heterocycles. The molecular formula is C47H80Cl2P2RuSi. The number of hydrogen-bond acceptors (Lipinski definition) is 0. The van der Waals surface area contributed by atoms with E-state index in [0.29, 0.717) is 15.8 Å². The van der Waals surface area contributed by atoms with Crippen LogP contribution in [0.25, 0.3) is 5.20 Å². The van der Waals surface area contributed by atoms with Crippen LogP contribution in [-0.2, 0) is 13.5 Å². The number of halogens is 2. The molecule has 6 fully saturated rings. The van der Waals surface area contributed by atoms with E-state index in [2.05, 4.69) is 36.0 Å². The zero-order chi connectivity index (χ0) is 37.3. The van der Waals surface area contributed by atoms with E-state index in [1.807, 2.05) is 18.2 Å². The summed E-state index contributed by atoms with van der Waals surface area (Å²) < 4.78 is 3.29. The number of hydrogen-bond donors (Lipinski definition) is 0. The summed E-state index contributed by atoms with van der Waals surface area (Å²) in [4.78, 5) is 0. The Hall–Kier alpha value is 1.15. The predicted octanol–water partition coefficient (Wildman–Crippen LogP) is 17.2. The summed E-state index contributed by atoms with van der Waals surface area (Å²) in [5, 5.41) is 1.26. The van der Waals surface area contributed by atoms with Crippen LogP contribution in [0, 0.1) is 0 Å². The Balaban J connectivity index is 0.000000155. The van der Waals surface area contributed by atoms with Crippen LogP contribution in [0.2, 0.25) is 19.6 Å². The Kier molecular flexibility index (Phi) is 21.3. The second-order valence-corrected chi connectivity index (χ2v) is 35.4. The van der Waals surface area contributed by atoms with Gasteiger partial charge in [-0.25, -0.2) is 0 Å². The van der Waals surface area contributed by atoms with Crippen LogP contribution in [0.15, 0.2) is 30.3 Å². The summed E-state index contributed by atoms with van der Waals surface area (Å²) in [5.41, 5.74) is 8.36. The normalized spacial score (nSPS) is 24.1. The standard InChI is InChI=1S/2C18H33P.C11H14Si.2ClH.Ru/c2*1-4-10-16(11-5-1)19(17-12-6-2-7-13-17)18-14-8-3-9-15-18;1-10(12(2,3)4)11-8-6-5-7-9-11;;;/h2*16-18H,1-15H2;5-9H,2-4H3;2*1H;/q;;;;;+2/p-2. The molecule has 6 aliphatic rings. The fraction of sp³-hybridized carbons (Fsp3) is 0.830. The van der Waals surface area contributed by atoms with Crippen molar-refractivity contribution in [3.05, 3.63) is 35.9 Å². The molecule has 0 nitrogen and oxygen atoms in total. The van der Waals surface area contributed by atoms with Gasteiger partial charge in [-0.15, -0.1) is 0 Å². The van der Waals surface area contributed by atoms with E-state index in [1.165, 1.54) is 83.2 Å². The molecule has 7 rings (SSSR count). The van der Waals surface area contributed by atoms with Crippen LogP contribution in [0.1, 0.15) is 198 Å². The quantitative estimate of drug-likeness (QED) is 0.180. The molecule has 1 aromatic carbocycles. The van der Waals surface area contributed by atoms with Gasteiger partial charge in [0.2, 0.25) is 0 Å². The third kappa shape index (κ3) is 15.4. The number of rotatable bonds is 8. The van der Waals surface area contributed by atoms with E-state index in [1.54, 1.807) is 154 Å². The van der Waals surface area contributed by atoms with Crippen LogP contribution in [0.5, 0.6) is 0 Å². The third-order valence-corrected chi connectivity index (χ3v) is 26.0. The Morgan fingerprint density at radius 1 is 0.453 bits per heavy atom. The molecule has 53 heavy (non-hydrogen) atoms. The van der Waals surface area contributed by atoms with E-state index in [4.69, 9.17) is 19.4 Å². The molecule has 0 heterocycles. The molecule has 0 amide bonds. The molecule has 6 heteroatoms. The summed E-state index contributed by atoms with van der Waals surface area (Å²) in [6.07, 6.45) is 47.2. The van der Waals surface area contributed by atoms with Crippen molar-refractivity contribution in [2.45, 2.75) is 246 Å². The first-order valence-corrected chi connectivity index (χ1v) is 35.0. The Bertz CT molecular complexity index is 1050. The van der Waals surface area contributed by atoms with Crippen molar-refractivity contribution < 1.29 is 13.5 Å². The topological polar surface area (TPSA) is 0 Å². The molecule has 0 aliphatic heterocycles. The van der Waals surface area contributed by atoms with Crippen molar-refractivity contribution in [3.63, 3.8) is 0 Å². The molecule has 0 atom stereocenters. The van der Waals surface area contributed by atoms with Crippen LogP contribution in [0.3, 0.4) is 0 Å². The van der Waals surface area contributed by atoms with Crippen molar-refractivity contribution in [3.8, 4) is 0 Å². The second-order valence-electron chi connectivity index (χ2n) is 18.9. The van der Waals surface area contributed by atoms with E-state index >= 15 is 0 Å². The maximum atomic E-state index is 5.93. The molecule has 0 N–H and O–H groups in total. The first-order chi connectivity index (χ1) is 25.8. The Morgan fingerprint density at radius 2 is 0.698 bits per heavy atom. The van der Waals surface area contributed by atoms with Crippen molar-refractivity contribution in [1.29, 1.82) is 0 Å². The van der Waals surface area contributed by atoms with Gasteiger partial charge < -0.3 is 0 Å². The Labute approximate surface area is 346 Å². The van der Waals surface area contributed by atoms with Gasteiger partial charge in [0.25, 0.3) is 0 Å².